The van der Waals surface area contributed by atoms with Gasteiger partial charge in [0.15, 0.2) is 0 Å². The number of likely N-dealkylation sites (tertiary alicyclic amines) is 1. The topological polar surface area (TPSA) is 88.4 Å². The Morgan fingerprint density at radius 3 is 2.23 bits per heavy atom. The van der Waals surface area contributed by atoms with E-state index < -0.39 is 17.7 Å². The fourth-order valence-corrected chi connectivity index (χ4v) is 1.98. The average molecular weight is 312 g/mol. The molecule has 0 atom stereocenters. The maximum Gasteiger partial charge on any atom is 0.410 e. The molecule has 0 radical (unpaired) electrons. The molecule has 0 saturated carbocycles. The van der Waals surface area contributed by atoms with Crippen molar-refractivity contribution < 1.29 is 24.2 Å². The molecule has 0 unspecified atom stereocenters. The molecule has 1 amide bonds. The molecular weight excluding hydrogens is 288 g/mol. The molecular formula is C15H24N2O5. The molecule has 7 heteroatoms. The van der Waals surface area contributed by atoms with Crippen molar-refractivity contribution in [3.63, 3.8) is 0 Å². The second kappa shape index (κ2) is 6.81. The summed E-state index contributed by atoms with van der Waals surface area (Å²) in [4.78, 5) is 29.0. The van der Waals surface area contributed by atoms with Crippen LogP contribution in [0.1, 0.15) is 27.7 Å². The Labute approximate surface area is 130 Å². The van der Waals surface area contributed by atoms with Crippen LogP contribution < -0.4 is 0 Å². The number of nitrogens with zero attached hydrogens (tertiary/aromatic N) is 2. The first-order valence-electron chi connectivity index (χ1n) is 7.03. The number of ether oxygens (including phenoxy) is 2. The number of amides is 1. The van der Waals surface area contributed by atoms with E-state index in [-0.39, 0.29) is 30.3 Å². The maximum absolute atomic E-state index is 11.8. The molecule has 7 nitrogen and oxygen atoms in total. The lowest BCUT2D eigenvalue weighted by Crippen LogP contribution is -2.52. The zero-order valence-electron chi connectivity index (χ0n) is 14.0. The number of methoxy groups -OCH3 is 1. The molecule has 0 bridgehead atoms. The summed E-state index contributed by atoms with van der Waals surface area (Å²) in [6, 6.07) is 0. The van der Waals surface area contributed by atoms with Crippen molar-refractivity contribution in [2.24, 2.45) is 10.9 Å². The fourth-order valence-electron chi connectivity index (χ4n) is 1.98. The van der Waals surface area contributed by atoms with Gasteiger partial charge in [-0.25, -0.2) is 9.59 Å². The number of hydrogen-bond acceptors (Lipinski definition) is 6. The quantitative estimate of drug-likeness (QED) is 0.372. The van der Waals surface area contributed by atoms with Gasteiger partial charge in [0.25, 0.3) is 0 Å². The first-order chi connectivity index (χ1) is 10.1. The summed E-state index contributed by atoms with van der Waals surface area (Å²) in [6.07, 6.45) is -0.433. The van der Waals surface area contributed by atoms with Gasteiger partial charge in [0.05, 0.1) is 13.0 Å². The molecule has 1 rings (SSSR count). The standard InChI is InChI=1S/C15H24N2O5/c1-9(16-5)11(13(19)21-6)12(18)10-7-17(8-10)14(20)22-15(2,3)4/h10,18H,7-8H2,1-6H3/b12-11+,16-9?. The summed E-state index contributed by atoms with van der Waals surface area (Å²) in [5.41, 5.74) is -0.123. The van der Waals surface area contributed by atoms with Gasteiger partial charge >= 0.3 is 12.1 Å². The van der Waals surface area contributed by atoms with Crippen LogP contribution in [0.5, 0.6) is 0 Å². The van der Waals surface area contributed by atoms with E-state index >= 15 is 0 Å². The monoisotopic (exact) mass is 312 g/mol. The van der Waals surface area contributed by atoms with Gasteiger partial charge in [-0.05, 0) is 27.7 Å². The summed E-state index contributed by atoms with van der Waals surface area (Å²) in [5.74, 6) is -1.07. The van der Waals surface area contributed by atoms with Gasteiger partial charge in [-0.1, -0.05) is 0 Å². The van der Waals surface area contributed by atoms with Crippen LogP contribution in [0.2, 0.25) is 0 Å². The predicted octanol–water partition coefficient (Wildman–Crippen LogP) is 1.93. The summed E-state index contributed by atoms with van der Waals surface area (Å²) in [6.45, 7) is 7.56. The summed E-state index contributed by atoms with van der Waals surface area (Å²) in [7, 11) is 2.77. The van der Waals surface area contributed by atoms with Crippen molar-refractivity contribution in [2.45, 2.75) is 33.3 Å². The first-order valence-corrected chi connectivity index (χ1v) is 7.03. The second-order valence-corrected chi connectivity index (χ2v) is 6.14. The second-order valence-electron chi connectivity index (χ2n) is 6.14. The third kappa shape index (κ3) is 4.22. The molecule has 1 aliphatic rings. The smallest absolute Gasteiger partial charge is 0.410 e. The number of carbonyl (C=O) groups is 2. The molecule has 1 aliphatic heterocycles. The van der Waals surface area contributed by atoms with Crippen molar-refractivity contribution in [2.75, 3.05) is 27.2 Å². The highest BCUT2D eigenvalue weighted by molar-refractivity contribution is 6.19. The Kier molecular flexibility index (Phi) is 5.57. The van der Waals surface area contributed by atoms with Gasteiger partial charge in [0.2, 0.25) is 0 Å². The highest BCUT2D eigenvalue weighted by atomic mass is 16.6. The van der Waals surface area contributed by atoms with E-state index in [1.165, 1.54) is 19.1 Å². The molecule has 22 heavy (non-hydrogen) atoms. The lowest BCUT2D eigenvalue weighted by atomic mass is 9.93. The Hall–Kier alpha value is -2.05. The number of aliphatic imine (C=N–C) groups is 1. The molecule has 1 saturated heterocycles. The summed E-state index contributed by atoms with van der Waals surface area (Å²) < 4.78 is 9.91. The van der Waals surface area contributed by atoms with Gasteiger partial charge < -0.3 is 19.5 Å². The maximum atomic E-state index is 11.8. The Balaban J connectivity index is 2.80. The van der Waals surface area contributed by atoms with Crippen molar-refractivity contribution in [3.8, 4) is 0 Å². The van der Waals surface area contributed by atoms with E-state index in [1.54, 1.807) is 27.7 Å². The molecule has 124 valence electrons. The van der Waals surface area contributed by atoms with Crippen molar-refractivity contribution >= 4 is 17.8 Å². The van der Waals surface area contributed by atoms with Crippen LogP contribution in [-0.4, -0.2) is 60.6 Å². The first kappa shape index (κ1) is 18.0. The number of aliphatic hydroxyl groups is 1. The minimum Gasteiger partial charge on any atom is -0.511 e. The largest absolute Gasteiger partial charge is 0.511 e. The molecule has 0 spiro atoms. The van der Waals surface area contributed by atoms with Crippen molar-refractivity contribution in [1.29, 1.82) is 0 Å². The van der Waals surface area contributed by atoms with Gasteiger partial charge in [-0.3, -0.25) is 4.99 Å². The Morgan fingerprint density at radius 1 is 1.27 bits per heavy atom. The SMILES string of the molecule is CN=C(C)/C(C(=O)OC)=C(\O)C1CN(C(=O)OC(C)(C)C)C1. The number of rotatable bonds is 3. The Bertz CT molecular complexity index is 511. The fraction of sp³-hybridized carbons (Fsp3) is 0.667. The Morgan fingerprint density at radius 2 is 1.82 bits per heavy atom. The number of aliphatic hydroxyl groups excluding tert-OH is 1. The van der Waals surface area contributed by atoms with Gasteiger partial charge in [-0.2, -0.15) is 0 Å². The van der Waals surface area contributed by atoms with Crippen LogP contribution in [0.4, 0.5) is 4.79 Å². The van der Waals surface area contributed by atoms with Crippen LogP contribution in [0, 0.1) is 5.92 Å². The van der Waals surface area contributed by atoms with Crippen molar-refractivity contribution in [3.05, 3.63) is 11.3 Å². The molecule has 0 aromatic heterocycles. The summed E-state index contributed by atoms with van der Waals surface area (Å²) in [5, 5.41) is 10.3. The third-order valence-corrected chi connectivity index (χ3v) is 3.26. The minimum atomic E-state index is -0.642. The number of esters is 1. The van der Waals surface area contributed by atoms with Crippen LogP contribution in [-0.2, 0) is 14.3 Å². The van der Waals surface area contributed by atoms with Crippen LogP contribution in [0.25, 0.3) is 0 Å². The van der Waals surface area contributed by atoms with Gasteiger partial charge in [0.1, 0.15) is 16.9 Å². The average Bonchev–Trinajstić information content (AvgIpc) is 2.34. The van der Waals surface area contributed by atoms with Crippen molar-refractivity contribution in [1.82, 2.24) is 4.90 Å². The van der Waals surface area contributed by atoms with E-state index in [2.05, 4.69) is 9.73 Å². The zero-order valence-corrected chi connectivity index (χ0v) is 14.0. The van der Waals surface area contributed by atoms with Gasteiger partial charge in [0, 0.05) is 25.8 Å². The molecule has 1 heterocycles. The van der Waals surface area contributed by atoms with E-state index in [0.29, 0.717) is 5.71 Å². The van der Waals surface area contributed by atoms with E-state index in [1.807, 2.05) is 0 Å². The molecule has 0 aromatic carbocycles. The predicted molar refractivity (Wildman–Crippen MR) is 82.0 cm³/mol. The number of carbonyl (C=O) groups excluding carboxylic acids is 2. The molecule has 1 fully saturated rings. The highest BCUT2D eigenvalue weighted by Gasteiger charge is 2.38. The third-order valence-electron chi connectivity index (χ3n) is 3.26. The van der Waals surface area contributed by atoms with E-state index in [9.17, 15) is 14.7 Å². The summed E-state index contributed by atoms with van der Waals surface area (Å²) >= 11 is 0. The number of hydrogen-bond donors (Lipinski definition) is 1. The lowest BCUT2D eigenvalue weighted by molar-refractivity contribution is -0.135. The van der Waals surface area contributed by atoms with Crippen LogP contribution in [0.3, 0.4) is 0 Å². The normalized spacial score (nSPS) is 17.5. The zero-order chi connectivity index (χ0) is 17.1. The lowest BCUT2D eigenvalue weighted by Gasteiger charge is -2.39. The van der Waals surface area contributed by atoms with E-state index in [0.717, 1.165) is 0 Å². The highest BCUT2D eigenvalue weighted by Crippen LogP contribution is 2.27. The molecule has 1 N–H and O–H groups in total. The van der Waals surface area contributed by atoms with E-state index in [4.69, 9.17) is 4.74 Å². The van der Waals surface area contributed by atoms with Crippen LogP contribution >= 0.6 is 0 Å². The van der Waals surface area contributed by atoms with Gasteiger partial charge in [-0.15, -0.1) is 0 Å². The molecule has 0 aliphatic carbocycles. The molecule has 0 aromatic rings. The minimum absolute atomic E-state index is 0.0545. The van der Waals surface area contributed by atoms with Crippen LogP contribution in [0.15, 0.2) is 16.3 Å².